The van der Waals surface area contributed by atoms with E-state index in [0.717, 1.165) is 48.5 Å². The molecule has 1 fully saturated rings. The fourth-order valence-corrected chi connectivity index (χ4v) is 3.83. The van der Waals surface area contributed by atoms with E-state index in [1.807, 2.05) is 24.3 Å². The van der Waals surface area contributed by atoms with Crippen LogP contribution in [0.15, 0.2) is 40.5 Å². The van der Waals surface area contributed by atoms with E-state index in [9.17, 15) is 4.79 Å². The highest BCUT2D eigenvalue weighted by atomic mass is 16.5. The molecule has 3 heterocycles. The molecule has 0 aliphatic carbocycles. The summed E-state index contributed by atoms with van der Waals surface area (Å²) in [6.45, 7) is 5.91. The minimum atomic E-state index is -0.128. The Morgan fingerprint density at radius 3 is 2.89 bits per heavy atom. The number of likely N-dealkylation sites (N-methyl/N-ethyl adjacent to an activating group) is 1. The van der Waals surface area contributed by atoms with Gasteiger partial charge in [0.15, 0.2) is 5.71 Å². The lowest BCUT2D eigenvalue weighted by Crippen LogP contribution is -2.25. The Kier molecular flexibility index (Phi) is 4.66. The maximum Gasteiger partial charge on any atom is 0.279 e. The molecule has 1 aromatic heterocycles. The van der Waals surface area contributed by atoms with E-state index < -0.39 is 0 Å². The van der Waals surface area contributed by atoms with Crippen molar-refractivity contribution in [3.8, 4) is 0 Å². The van der Waals surface area contributed by atoms with Crippen molar-refractivity contribution in [2.75, 3.05) is 18.6 Å². The van der Waals surface area contributed by atoms with Crippen LogP contribution in [0.4, 0.5) is 5.69 Å². The zero-order chi connectivity index (χ0) is 19.0. The van der Waals surface area contributed by atoms with E-state index in [0.29, 0.717) is 11.8 Å². The fourth-order valence-electron chi connectivity index (χ4n) is 3.83. The van der Waals surface area contributed by atoms with E-state index in [4.69, 9.17) is 4.74 Å². The number of fused-ring (bicyclic) bond motifs is 1. The third kappa shape index (κ3) is 3.21. The van der Waals surface area contributed by atoms with Crippen LogP contribution in [0.2, 0.25) is 0 Å². The second-order valence-corrected chi connectivity index (χ2v) is 7.15. The predicted molar refractivity (Wildman–Crippen MR) is 107 cm³/mol. The molecule has 0 saturated carbocycles. The topological polar surface area (TPSA) is 59.2 Å². The lowest BCUT2D eigenvalue weighted by Gasteiger charge is -2.14. The summed E-state index contributed by atoms with van der Waals surface area (Å²) in [6.07, 6.45) is 4.28. The Hall–Kier alpha value is -2.73. The summed E-state index contributed by atoms with van der Waals surface area (Å²) in [4.78, 5) is 14.0. The Balaban J connectivity index is 1.57. The molecule has 2 aliphatic rings. The molecule has 0 bridgehead atoms. The maximum atomic E-state index is 12.4. The minimum absolute atomic E-state index is 0.128. The molecule has 1 aromatic carbocycles. The highest BCUT2D eigenvalue weighted by Crippen LogP contribution is 2.27. The van der Waals surface area contributed by atoms with Crippen molar-refractivity contribution in [2.24, 2.45) is 10.2 Å². The molecule has 1 atom stereocenters. The minimum Gasteiger partial charge on any atom is -0.376 e. The first-order valence-electron chi connectivity index (χ1n) is 9.33. The number of anilines is 1. The van der Waals surface area contributed by atoms with Crippen LogP contribution in [0.3, 0.4) is 0 Å². The number of aryl methyl sites for hydroxylation is 1. The number of hydrogen-bond acceptors (Lipinski definition) is 4. The van der Waals surface area contributed by atoms with Crippen LogP contribution in [-0.4, -0.2) is 42.2 Å². The van der Waals surface area contributed by atoms with Crippen LogP contribution in [0.25, 0.3) is 0 Å². The number of ether oxygens (including phenoxy) is 1. The number of carbonyl (C=O) groups excluding carboxylic acids is 1. The monoisotopic (exact) mass is 364 g/mol. The van der Waals surface area contributed by atoms with Gasteiger partial charge in [0.25, 0.3) is 5.91 Å². The first-order valence-corrected chi connectivity index (χ1v) is 9.33. The van der Waals surface area contributed by atoms with Crippen LogP contribution in [0.5, 0.6) is 0 Å². The molecule has 0 spiro atoms. The average Bonchev–Trinajstić information content (AvgIpc) is 3.34. The van der Waals surface area contributed by atoms with Crippen molar-refractivity contribution in [2.45, 2.75) is 39.3 Å². The predicted octanol–water partition coefficient (Wildman–Crippen LogP) is 3.08. The zero-order valence-electron chi connectivity index (χ0n) is 16.0. The zero-order valence-corrected chi connectivity index (χ0v) is 16.0. The number of amides is 1. The first-order chi connectivity index (χ1) is 13.1. The van der Waals surface area contributed by atoms with Crippen molar-refractivity contribution in [1.82, 2.24) is 4.57 Å². The van der Waals surface area contributed by atoms with E-state index >= 15 is 0 Å². The standard InChI is InChI=1S/C21H24N4O2/c1-14-11-16(15(2)25(14)13-17-7-6-10-27-17)12-22-23-20-18-8-4-5-9-19(18)24(3)21(20)26/h4-5,8-9,11-12,17H,6-7,10,13H2,1-3H3/b22-12-,23-20+/t17-/m0/s1. The number of rotatable bonds is 4. The highest BCUT2D eigenvalue weighted by molar-refractivity contribution is 6.54. The normalized spacial score (nSPS) is 21.0. The molecule has 1 amide bonds. The second-order valence-electron chi connectivity index (χ2n) is 7.15. The van der Waals surface area contributed by atoms with Gasteiger partial charge in [-0.1, -0.05) is 18.2 Å². The van der Waals surface area contributed by atoms with E-state index in [1.165, 1.54) is 5.69 Å². The number of benzene rings is 1. The molecular weight excluding hydrogens is 340 g/mol. The quantitative estimate of drug-likeness (QED) is 0.618. The summed E-state index contributed by atoms with van der Waals surface area (Å²) in [7, 11) is 1.76. The Morgan fingerprint density at radius 2 is 2.11 bits per heavy atom. The number of para-hydroxylation sites is 1. The first kappa shape index (κ1) is 17.7. The largest absolute Gasteiger partial charge is 0.376 e. The van der Waals surface area contributed by atoms with Gasteiger partial charge in [0.2, 0.25) is 0 Å². The van der Waals surface area contributed by atoms with Crippen molar-refractivity contribution in [1.29, 1.82) is 0 Å². The number of nitrogens with zero attached hydrogens (tertiary/aromatic N) is 4. The smallest absolute Gasteiger partial charge is 0.279 e. The van der Waals surface area contributed by atoms with Crippen LogP contribution in [0, 0.1) is 13.8 Å². The molecule has 4 rings (SSSR count). The molecule has 6 heteroatoms. The van der Waals surface area contributed by atoms with Gasteiger partial charge in [-0.25, -0.2) is 0 Å². The number of hydrogen-bond donors (Lipinski definition) is 0. The second kappa shape index (κ2) is 7.12. The lowest BCUT2D eigenvalue weighted by atomic mass is 10.1. The summed E-state index contributed by atoms with van der Waals surface area (Å²) in [5, 5.41) is 8.46. The van der Waals surface area contributed by atoms with Crippen LogP contribution in [-0.2, 0) is 16.1 Å². The van der Waals surface area contributed by atoms with Gasteiger partial charge in [-0.15, -0.1) is 5.10 Å². The summed E-state index contributed by atoms with van der Waals surface area (Å²) >= 11 is 0. The molecule has 2 aliphatic heterocycles. The molecule has 27 heavy (non-hydrogen) atoms. The van der Waals surface area contributed by atoms with Gasteiger partial charge in [-0.3, -0.25) is 4.79 Å². The van der Waals surface area contributed by atoms with Crippen molar-refractivity contribution >= 4 is 23.5 Å². The average molecular weight is 364 g/mol. The van der Waals surface area contributed by atoms with E-state index in [1.54, 1.807) is 18.2 Å². The molecule has 0 N–H and O–H groups in total. The van der Waals surface area contributed by atoms with E-state index in [-0.39, 0.29) is 5.91 Å². The molecule has 0 radical (unpaired) electrons. The SMILES string of the molecule is Cc1cc(/C=N\N=C2\C(=O)N(C)c3ccccc32)c(C)n1C[C@@H]1CCCO1. The van der Waals surface area contributed by atoms with Gasteiger partial charge in [-0.05, 0) is 38.8 Å². The number of aromatic nitrogens is 1. The molecule has 0 unspecified atom stereocenters. The van der Waals surface area contributed by atoms with Gasteiger partial charge < -0.3 is 14.2 Å². The van der Waals surface area contributed by atoms with Gasteiger partial charge >= 0.3 is 0 Å². The lowest BCUT2D eigenvalue weighted by molar-refractivity contribution is -0.111. The van der Waals surface area contributed by atoms with Crippen LogP contribution < -0.4 is 4.90 Å². The highest BCUT2D eigenvalue weighted by Gasteiger charge is 2.31. The Labute approximate surface area is 159 Å². The fraction of sp³-hybridized carbons (Fsp3) is 0.381. The molecule has 2 aromatic rings. The number of carbonyl (C=O) groups is 1. The maximum absolute atomic E-state index is 12.4. The van der Waals surface area contributed by atoms with Crippen molar-refractivity contribution in [3.05, 3.63) is 52.8 Å². The summed E-state index contributed by atoms with van der Waals surface area (Å²) in [6, 6.07) is 9.74. The van der Waals surface area contributed by atoms with Gasteiger partial charge in [0, 0.05) is 42.7 Å². The van der Waals surface area contributed by atoms with Crippen molar-refractivity contribution in [3.63, 3.8) is 0 Å². The van der Waals surface area contributed by atoms with E-state index in [2.05, 4.69) is 34.7 Å². The Bertz CT molecular complexity index is 936. The molecule has 1 saturated heterocycles. The summed E-state index contributed by atoms with van der Waals surface area (Å²) in [5.74, 6) is -0.128. The van der Waals surface area contributed by atoms with Gasteiger partial charge in [-0.2, -0.15) is 5.10 Å². The van der Waals surface area contributed by atoms with Gasteiger partial charge in [0.05, 0.1) is 18.0 Å². The molecule has 140 valence electrons. The third-order valence-corrected chi connectivity index (χ3v) is 5.41. The summed E-state index contributed by atoms with van der Waals surface area (Å²) in [5.41, 5.74) is 5.41. The third-order valence-electron chi connectivity index (χ3n) is 5.41. The van der Waals surface area contributed by atoms with Gasteiger partial charge in [0.1, 0.15) is 0 Å². The summed E-state index contributed by atoms with van der Waals surface area (Å²) < 4.78 is 8.03. The molecular formula is C21H24N4O2. The van der Waals surface area contributed by atoms with Crippen molar-refractivity contribution < 1.29 is 9.53 Å². The van der Waals surface area contributed by atoms with Crippen LogP contribution in [0.1, 0.15) is 35.4 Å². The molecule has 6 nitrogen and oxygen atoms in total. The Morgan fingerprint density at radius 1 is 1.30 bits per heavy atom. The van der Waals surface area contributed by atoms with Crippen LogP contribution >= 0.6 is 0 Å².